The second kappa shape index (κ2) is 7.76. The number of aryl methyl sites for hydroxylation is 1. The van der Waals surface area contributed by atoms with Crippen molar-refractivity contribution in [1.29, 1.82) is 0 Å². The van der Waals surface area contributed by atoms with E-state index in [4.69, 9.17) is 0 Å². The lowest BCUT2D eigenvalue weighted by Crippen LogP contribution is -2.53. The van der Waals surface area contributed by atoms with Crippen molar-refractivity contribution in [2.75, 3.05) is 13.1 Å². The van der Waals surface area contributed by atoms with Crippen LogP contribution in [0.2, 0.25) is 0 Å². The van der Waals surface area contributed by atoms with Crippen LogP contribution in [0.1, 0.15) is 31.4 Å². The first-order chi connectivity index (χ1) is 13.5. The van der Waals surface area contributed by atoms with Gasteiger partial charge in [0.05, 0.1) is 17.4 Å². The Labute approximate surface area is 166 Å². The summed E-state index contributed by atoms with van der Waals surface area (Å²) in [7, 11) is 0. The molecule has 1 aliphatic heterocycles. The van der Waals surface area contributed by atoms with E-state index in [2.05, 4.69) is 53.3 Å². The molecular formula is C23H28N4O. The molecule has 0 saturated heterocycles. The Morgan fingerprint density at radius 2 is 1.86 bits per heavy atom. The second-order valence-electron chi connectivity index (χ2n) is 8.21. The molecule has 3 aromatic rings. The van der Waals surface area contributed by atoms with Crippen LogP contribution >= 0.6 is 0 Å². The highest BCUT2D eigenvalue weighted by Gasteiger charge is 2.30. The lowest BCUT2D eigenvalue weighted by atomic mass is 9.94. The molecule has 0 radical (unpaired) electrons. The Bertz CT molecular complexity index is 975. The van der Waals surface area contributed by atoms with Crippen LogP contribution in [0.5, 0.6) is 0 Å². The maximum absolute atomic E-state index is 12.4. The summed E-state index contributed by atoms with van der Waals surface area (Å²) in [5.41, 5.74) is 4.81. The highest BCUT2D eigenvalue weighted by molar-refractivity contribution is 5.77. The van der Waals surface area contributed by atoms with Gasteiger partial charge in [0.1, 0.15) is 0 Å². The summed E-state index contributed by atoms with van der Waals surface area (Å²) in [5, 5.41) is 3.14. The third-order valence-corrected chi connectivity index (χ3v) is 5.81. The number of carbonyl (C=O) groups is 1. The lowest BCUT2D eigenvalue weighted by Gasteiger charge is -2.41. The largest absolute Gasteiger partial charge is 0.354 e. The van der Waals surface area contributed by atoms with Crippen LogP contribution in [-0.2, 0) is 24.3 Å². The summed E-state index contributed by atoms with van der Waals surface area (Å²) in [6, 6.07) is 16.7. The Balaban J connectivity index is 1.30. The fourth-order valence-electron chi connectivity index (χ4n) is 3.94. The van der Waals surface area contributed by atoms with Gasteiger partial charge in [0, 0.05) is 38.1 Å². The maximum atomic E-state index is 12.4. The molecule has 2 aromatic carbocycles. The van der Waals surface area contributed by atoms with E-state index >= 15 is 0 Å². The molecule has 0 atom stereocenters. The second-order valence-corrected chi connectivity index (χ2v) is 8.21. The number of carbonyl (C=O) groups excluding carboxylic acids is 1. The van der Waals surface area contributed by atoms with Gasteiger partial charge in [0.2, 0.25) is 5.91 Å². The average Bonchev–Trinajstić information content (AvgIpc) is 3.13. The summed E-state index contributed by atoms with van der Waals surface area (Å²) < 4.78 is 2.04. The lowest BCUT2D eigenvalue weighted by molar-refractivity contribution is -0.121. The van der Waals surface area contributed by atoms with E-state index in [1.165, 1.54) is 11.1 Å². The SMILES string of the molecule is CC(C)(CNC(=O)CCn1cnc2ccccc21)N1CCc2ccccc2C1. The highest BCUT2D eigenvalue weighted by atomic mass is 16.1. The normalized spacial score (nSPS) is 14.8. The van der Waals surface area contributed by atoms with Gasteiger partial charge >= 0.3 is 0 Å². The van der Waals surface area contributed by atoms with E-state index in [0.717, 1.165) is 30.5 Å². The van der Waals surface area contributed by atoms with Gasteiger partial charge in [0.15, 0.2) is 0 Å². The number of nitrogens with one attached hydrogen (secondary N) is 1. The van der Waals surface area contributed by atoms with Crippen molar-refractivity contribution in [3.63, 3.8) is 0 Å². The number of amides is 1. The number of aromatic nitrogens is 2. The Kier molecular flexibility index (Phi) is 5.18. The van der Waals surface area contributed by atoms with Crippen molar-refractivity contribution in [3.05, 3.63) is 66.0 Å². The monoisotopic (exact) mass is 376 g/mol. The summed E-state index contributed by atoms with van der Waals surface area (Å²) in [5.74, 6) is 0.0864. The molecule has 2 heterocycles. The van der Waals surface area contributed by atoms with Crippen molar-refractivity contribution >= 4 is 16.9 Å². The molecule has 146 valence electrons. The van der Waals surface area contributed by atoms with Crippen LogP contribution in [0.25, 0.3) is 11.0 Å². The van der Waals surface area contributed by atoms with Gasteiger partial charge < -0.3 is 9.88 Å². The molecule has 5 nitrogen and oxygen atoms in total. The van der Waals surface area contributed by atoms with Crippen LogP contribution in [0, 0.1) is 0 Å². The molecule has 0 unspecified atom stereocenters. The van der Waals surface area contributed by atoms with E-state index < -0.39 is 0 Å². The molecule has 0 bridgehead atoms. The van der Waals surface area contributed by atoms with Gasteiger partial charge in [-0.15, -0.1) is 0 Å². The summed E-state index contributed by atoms with van der Waals surface area (Å²) >= 11 is 0. The van der Waals surface area contributed by atoms with Crippen molar-refractivity contribution in [2.45, 2.75) is 45.3 Å². The average molecular weight is 377 g/mol. The smallest absolute Gasteiger partial charge is 0.221 e. The number of para-hydroxylation sites is 2. The van der Waals surface area contributed by atoms with Crippen LogP contribution in [0.4, 0.5) is 0 Å². The quantitative estimate of drug-likeness (QED) is 0.718. The zero-order valence-corrected chi connectivity index (χ0v) is 16.7. The van der Waals surface area contributed by atoms with Crippen molar-refractivity contribution in [3.8, 4) is 0 Å². The van der Waals surface area contributed by atoms with Crippen LogP contribution < -0.4 is 5.32 Å². The number of benzene rings is 2. The fourth-order valence-corrected chi connectivity index (χ4v) is 3.94. The number of fused-ring (bicyclic) bond motifs is 2. The predicted octanol–water partition coefficient (Wildman–Crippen LogP) is 3.38. The van der Waals surface area contributed by atoms with Gasteiger partial charge in [0.25, 0.3) is 0 Å². The van der Waals surface area contributed by atoms with E-state index in [1.807, 2.05) is 35.2 Å². The van der Waals surface area contributed by atoms with Crippen LogP contribution in [-0.4, -0.2) is 39.0 Å². The minimum atomic E-state index is -0.0785. The number of hydrogen-bond donors (Lipinski definition) is 1. The Morgan fingerprint density at radius 3 is 2.71 bits per heavy atom. The molecule has 5 heteroatoms. The van der Waals surface area contributed by atoms with E-state index in [0.29, 0.717) is 19.5 Å². The van der Waals surface area contributed by atoms with Gasteiger partial charge in [-0.2, -0.15) is 0 Å². The van der Waals surface area contributed by atoms with Crippen molar-refractivity contribution in [2.24, 2.45) is 0 Å². The fraction of sp³-hybridized carbons (Fsp3) is 0.391. The molecule has 4 rings (SSSR count). The van der Waals surface area contributed by atoms with E-state index in [-0.39, 0.29) is 11.4 Å². The molecule has 0 saturated carbocycles. The molecule has 1 aromatic heterocycles. The van der Waals surface area contributed by atoms with Gasteiger partial charge in [-0.25, -0.2) is 4.98 Å². The van der Waals surface area contributed by atoms with Crippen LogP contribution in [0.3, 0.4) is 0 Å². The first-order valence-electron chi connectivity index (χ1n) is 10.0. The van der Waals surface area contributed by atoms with E-state index in [1.54, 1.807) is 0 Å². The first-order valence-corrected chi connectivity index (χ1v) is 10.0. The van der Waals surface area contributed by atoms with E-state index in [9.17, 15) is 4.79 Å². The zero-order chi connectivity index (χ0) is 19.6. The number of imidazole rings is 1. The molecule has 1 N–H and O–H groups in total. The van der Waals surface area contributed by atoms with Crippen molar-refractivity contribution < 1.29 is 4.79 Å². The van der Waals surface area contributed by atoms with Crippen LogP contribution in [0.15, 0.2) is 54.9 Å². The third-order valence-electron chi connectivity index (χ3n) is 5.81. The minimum absolute atomic E-state index is 0.0785. The molecule has 0 aliphatic carbocycles. The molecule has 1 aliphatic rings. The topological polar surface area (TPSA) is 50.2 Å². The first kappa shape index (κ1) is 18.7. The zero-order valence-electron chi connectivity index (χ0n) is 16.7. The molecule has 1 amide bonds. The molecule has 28 heavy (non-hydrogen) atoms. The summed E-state index contributed by atoms with van der Waals surface area (Å²) in [4.78, 5) is 19.3. The molecular weight excluding hydrogens is 348 g/mol. The van der Waals surface area contributed by atoms with Gasteiger partial charge in [-0.3, -0.25) is 9.69 Å². The summed E-state index contributed by atoms with van der Waals surface area (Å²) in [6.45, 7) is 7.69. The van der Waals surface area contributed by atoms with Gasteiger partial charge in [-0.1, -0.05) is 36.4 Å². The van der Waals surface area contributed by atoms with Crippen molar-refractivity contribution in [1.82, 2.24) is 19.8 Å². The molecule has 0 fully saturated rings. The third kappa shape index (κ3) is 3.94. The minimum Gasteiger partial charge on any atom is -0.354 e. The maximum Gasteiger partial charge on any atom is 0.221 e. The Morgan fingerprint density at radius 1 is 1.11 bits per heavy atom. The highest BCUT2D eigenvalue weighted by Crippen LogP contribution is 2.25. The number of nitrogens with zero attached hydrogens (tertiary/aromatic N) is 3. The molecule has 0 spiro atoms. The number of rotatable bonds is 6. The predicted molar refractivity (Wildman–Crippen MR) is 112 cm³/mol. The summed E-state index contributed by atoms with van der Waals surface area (Å²) in [6.07, 6.45) is 3.34. The van der Waals surface area contributed by atoms with Gasteiger partial charge in [-0.05, 0) is 43.5 Å². The Hall–Kier alpha value is -2.66. The standard InChI is InChI=1S/C23H28N4O/c1-23(2,27-14-11-18-7-3-4-8-19(18)15-27)16-24-22(28)12-13-26-17-25-20-9-5-6-10-21(20)26/h3-10,17H,11-16H2,1-2H3,(H,24,28). The number of hydrogen-bond acceptors (Lipinski definition) is 3.